The van der Waals surface area contributed by atoms with Crippen molar-refractivity contribution in [2.45, 2.75) is 35.5 Å². The van der Waals surface area contributed by atoms with Gasteiger partial charge in [0, 0.05) is 25.7 Å². The average molecular weight is 734 g/mol. The van der Waals surface area contributed by atoms with Gasteiger partial charge in [0.25, 0.3) is 0 Å². The second-order valence-corrected chi connectivity index (χ2v) is 15.6. The van der Waals surface area contributed by atoms with Crippen LogP contribution < -0.4 is 5.11 Å². The van der Waals surface area contributed by atoms with Crippen molar-refractivity contribution >= 4 is 20.2 Å². The second kappa shape index (κ2) is 13.1. The van der Waals surface area contributed by atoms with Crippen molar-refractivity contribution in [3.8, 4) is 45.3 Å². The normalized spacial score (nSPS) is 13.1. The molecule has 0 fully saturated rings. The first-order valence-corrected chi connectivity index (χ1v) is 18.9. The van der Waals surface area contributed by atoms with Crippen LogP contribution in [0.3, 0.4) is 0 Å². The molecular formula is C40H29O10S2-3. The van der Waals surface area contributed by atoms with Crippen LogP contribution in [-0.2, 0) is 45.9 Å². The molecule has 3 N–H and O–H groups in total. The van der Waals surface area contributed by atoms with Crippen molar-refractivity contribution < 1.29 is 46.4 Å². The van der Waals surface area contributed by atoms with Crippen LogP contribution in [0.15, 0.2) is 119 Å². The van der Waals surface area contributed by atoms with E-state index in [0.29, 0.717) is 22.3 Å². The fraction of sp³-hybridized carbons (Fsp3) is 0.100. The van der Waals surface area contributed by atoms with Gasteiger partial charge in [-0.1, -0.05) is 60.7 Å². The smallest absolute Gasteiger partial charge is 0.124 e. The highest BCUT2D eigenvalue weighted by atomic mass is 32.2. The third-order valence-corrected chi connectivity index (χ3v) is 10.9. The van der Waals surface area contributed by atoms with Gasteiger partial charge in [-0.25, -0.2) is 16.8 Å². The highest BCUT2D eigenvalue weighted by Crippen LogP contribution is 2.41. The first-order valence-electron chi connectivity index (χ1n) is 16.1. The quantitative estimate of drug-likeness (QED) is 0.189. The summed E-state index contributed by atoms with van der Waals surface area (Å²) in [4.78, 5) is -1.46. The fourth-order valence-electron chi connectivity index (χ4n) is 6.75. The van der Waals surface area contributed by atoms with Crippen LogP contribution in [0.5, 0.6) is 23.0 Å². The molecule has 0 aliphatic heterocycles. The van der Waals surface area contributed by atoms with Gasteiger partial charge in [0.15, 0.2) is 0 Å². The van der Waals surface area contributed by atoms with Crippen LogP contribution >= 0.6 is 0 Å². The first-order chi connectivity index (χ1) is 24.7. The molecule has 6 aromatic carbocycles. The summed E-state index contributed by atoms with van der Waals surface area (Å²) in [5.41, 5.74) is 3.43. The van der Waals surface area contributed by atoms with Gasteiger partial charge in [0.2, 0.25) is 0 Å². The Bertz CT molecular complexity index is 2420. The molecule has 52 heavy (non-hydrogen) atoms. The Morgan fingerprint density at radius 3 is 0.981 bits per heavy atom. The highest BCUT2D eigenvalue weighted by Gasteiger charge is 2.22. The third-order valence-electron chi connectivity index (χ3n) is 9.31. The first kappa shape index (κ1) is 34.8. The monoisotopic (exact) mass is 733 g/mol. The molecule has 6 aromatic rings. The van der Waals surface area contributed by atoms with Gasteiger partial charge in [-0.3, -0.25) is 0 Å². The Kier molecular flexibility index (Phi) is 8.79. The van der Waals surface area contributed by atoms with Crippen LogP contribution in [0.2, 0.25) is 0 Å². The predicted octanol–water partition coefficient (Wildman–Crippen LogP) is 5.70. The zero-order chi connectivity index (χ0) is 36.9. The molecule has 0 radical (unpaired) electrons. The van der Waals surface area contributed by atoms with Crippen LogP contribution in [0.4, 0.5) is 0 Å². The summed E-state index contributed by atoms with van der Waals surface area (Å²) < 4.78 is 73.9. The molecule has 0 saturated carbocycles. The standard InChI is InChI=1S/C40H32O10S2/c41-37-27-11-25(23-7-3-1-4-8-23)13-29(37)16-31-19-35(51(45,46)47)21-33(39(31)43)18-34-22-36(52(48,49)50)20-32(40(34)44)17-30-14-26(12-28(15-27)38(30)42)24-9-5-2-6-10-24/h1-14,19-22,41-44H,15-18H2,(H,45,46,47)(H,48,49,50)/p-3. The Morgan fingerprint density at radius 2 is 0.673 bits per heavy atom. The molecule has 0 unspecified atom stereocenters. The molecule has 0 aromatic heterocycles. The van der Waals surface area contributed by atoms with Crippen LogP contribution in [0, 0.1) is 0 Å². The summed E-state index contributed by atoms with van der Waals surface area (Å²) in [6, 6.07) is 29.0. The maximum atomic E-state index is 14.0. The van der Waals surface area contributed by atoms with E-state index in [0.717, 1.165) is 35.4 Å². The lowest BCUT2D eigenvalue weighted by Gasteiger charge is -2.24. The zero-order valence-electron chi connectivity index (χ0n) is 27.2. The van der Waals surface area contributed by atoms with Gasteiger partial charge < -0.3 is 29.5 Å². The molecular weight excluding hydrogens is 705 g/mol. The van der Waals surface area contributed by atoms with E-state index in [-0.39, 0.29) is 64.1 Å². The molecule has 0 saturated heterocycles. The van der Waals surface area contributed by atoms with E-state index in [2.05, 4.69) is 0 Å². The molecule has 0 heterocycles. The number of hydrogen-bond donors (Lipinski definition) is 3. The second-order valence-electron chi connectivity index (χ2n) is 12.8. The summed E-state index contributed by atoms with van der Waals surface area (Å²) in [6.07, 6.45) is -1.18. The van der Waals surface area contributed by atoms with Gasteiger partial charge in [-0.2, -0.15) is 0 Å². The summed E-state index contributed by atoms with van der Waals surface area (Å²) in [7, 11) is -10.2. The number of benzene rings is 6. The van der Waals surface area contributed by atoms with E-state index in [4.69, 9.17) is 0 Å². The number of aromatic hydroxyl groups is 3. The minimum Gasteiger partial charge on any atom is -0.872 e. The van der Waals surface area contributed by atoms with E-state index in [1.54, 1.807) is 24.3 Å². The van der Waals surface area contributed by atoms with E-state index in [9.17, 15) is 46.4 Å². The van der Waals surface area contributed by atoms with Crippen LogP contribution in [-0.4, -0.2) is 41.3 Å². The maximum absolute atomic E-state index is 14.0. The number of phenols is 3. The summed E-state index contributed by atoms with van der Waals surface area (Å²) in [5, 5.41) is 49.0. The van der Waals surface area contributed by atoms with Crippen molar-refractivity contribution in [3.05, 3.63) is 154 Å². The van der Waals surface area contributed by atoms with Crippen LogP contribution in [0.1, 0.15) is 44.5 Å². The SMILES string of the molecule is O=S(=O)([O-])c1cc2c([O-])c(c1)Cc1cc(S(=O)(=O)[O-])cc(c1O)Cc1cc(-c3ccccc3)cc(c1O)Cc1cc(-c3ccccc3)cc(c1O)C2. The zero-order valence-corrected chi connectivity index (χ0v) is 28.9. The lowest BCUT2D eigenvalue weighted by Crippen LogP contribution is -2.10. The average Bonchev–Trinajstić information content (AvgIpc) is 3.10. The van der Waals surface area contributed by atoms with E-state index in [1.807, 2.05) is 60.7 Å². The summed E-state index contributed by atoms with van der Waals surface area (Å²) in [6.45, 7) is 0. The summed E-state index contributed by atoms with van der Waals surface area (Å²) >= 11 is 0. The Hall–Kier alpha value is -5.66. The number of hydrogen-bond acceptors (Lipinski definition) is 10. The van der Waals surface area contributed by atoms with Crippen molar-refractivity contribution in [2.75, 3.05) is 0 Å². The van der Waals surface area contributed by atoms with E-state index >= 15 is 0 Å². The molecule has 10 nitrogen and oxygen atoms in total. The van der Waals surface area contributed by atoms with Gasteiger partial charge in [-0.15, -0.1) is 5.75 Å². The van der Waals surface area contributed by atoms with Crippen molar-refractivity contribution in [1.29, 1.82) is 0 Å². The summed E-state index contributed by atoms with van der Waals surface area (Å²) in [5.74, 6) is -1.59. The third kappa shape index (κ3) is 6.84. The van der Waals surface area contributed by atoms with E-state index < -0.39 is 47.9 Å². The Balaban J connectivity index is 1.55. The Labute approximate surface area is 300 Å². The molecule has 0 amide bonds. The molecule has 1 aliphatic carbocycles. The molecule has 264 valence electrons. The van der Waals surface area contributed by atoms with Gasteiger partial charge in [0.1, 0.15) is 37.5 Å². The minimum absolute atomic E-state index is 0.0321. The molecule has 12 heteroatoms. The molecule has 8 bridgehead atoms. The topological polar surface area (TPSA) is 198 Å². The van der Waals surface area contributed by atoms with Gasteiger partial charge >= 0.3 is 0 Å². The fourth-order valence-corrected chi connectivity index (χ4v) is 7.89. The maximum Gasteiger partial charge on any atom is 0.124 e. The predicted molar refractivity (Wildman–Crippen MR) is 188 cm³/mol. The van der Waals surface area contributed by atoms with Crippen LogP contribution in [0.25, 0.3) is 22.3 Å². The number of fused-ring (bicyclic) bond motifs is 8. The molecule has 0 atom stereocenters. The lowest BCUT2D eigenvalue weighted by molar-refractivity contribution is -0.270. The molecule has 7 rings (SSSR count). The molecule has 0 spiro atoms. The number of phenolic OH excluding ortho intramolecular Hbond substituents is 3. The van der Waals surface area contributed by atoms with Crippen molar-refractivity contribution in [3.63, 3.8) is 0 Å². The van der Waals surface area contributed by atoms with Crippen molar-refractivity contribution in [2.24, 2.45) is 0 Å². The highest BCUT2D eigenvalue weighted by molar-refractivity contribution is 7.86. The van der Waals surface area contributed by atoms with Gasteiger partial charge in [-0.05, 0) is 115 Å². The lowest BCUT2D eigenvalue weighted by atomic mass is 9.88. The Morgan fingerprint density at radius 1 is 0.404 bits per heavy atom. The number of rotatable bonds is 4. The minimum atomic E-state index is -5.12. The molecule has 1 aliphatic rings. The van der Waals surface area contributed by atoms with Crippen molar-refractivity contribution in [1.82, 2.24) is 0 Å². The largest absolute Gasteiger partial charge is 0.872 e. The van der Waals surface area contributed by atoms with Gasteiger partial charge in [0.05, 0.1) is 9.79 Å². The van der Waals surface area contributed by atoms with E-state index in [1.165, 1.54) is 0 Å².